The highest BCUT2D eigenvalue weighted by atomic mass is 35.5. The summed E-state index contributed by atoms with van der Waals surface area (Å²) >= 11 is 12.3. The molecule has 5 heteroatoms. The molecule has 0 aliphatic rings. The second kappa shape index (κ2) is 5.96. The molecule has 3 rings (SSSR count). The number of ether oxygens (including phenoxy) is 1. The van der Waals surface area contributed by atoms with Crippen LogP contribution in [0.1, 0.15) is 12.7 Å². The van der Waals surface area contributed by atoms with E-state index in [1.54, 1.807) is 0 Å². The van der Waals surface area contributed by atoms with Crippen molar-refractivity contribution in [3.63, 3.8) is 0 Å². The summed E-state index contributed by atoms with van der Waals surface area (Å²) in [5.41, 5.74) is 2.70. The number of hydrogen-bond acceptors (Lipinski definition) is 2. The molecule has 0 aliphatic heterocycles. The van der Waals surface area contributed by atoms with E-state index in [0.29, 0.717) is 17.5 Å². The van der Waals surface area contributed by atoms with Crippen LogP contribution in [0.4, 0.5) is 0 Å². The standard InChI is InChI=1S/C16H14Cl2N2O/c1-2-21-12-8-6-11(7-9-12)20-14-5-3-4-13(18)16(14)19-15(20)10-17/h3-9H,2,10H2,1H3. The fourth-order valence-electron chi connectivity index (χ4n) is 2.35. The van der Waals surface area contributed by atoms with E-state index in [0.717, 1.165) is 28.3 Å². The highest BCUT2D eigenvalue weighted by Gasteiger charge is 2.13. The molecule has 0 saturated carbocycles. The van der Waals surface area contributed by atoms with Crippen LogP contribution in [-0.2, 0) is 5.88 Å². The van der Waals surface area contributed by atoms with Gasteiger partial charge in [-0.15, -0.1) is 11.6 Å². The minimum Gasteiger partial charge on any atom is -0.494 e. The zero-order chi connectivity index (χ0) is 14.8. The van der Waals surface area contributed by atoms with Crippen molar-refractivity contribution in [1.82, 2.24) is 9.55 Å². The summed E-state index contributed by atoms with van der Waals surface area (Å²) in [4.78, 5) is 4.53. The molecule has 0 radical (unpaired) electrons. The van der Waals surface area contributed by atoms with Crippen molar-refractivity contribution in [2.45, 2.75) is 12.8 Å². The molecule has 21 heavy (non-hydrogen) atoms. The zero-order valence-corrected chi connectivity index (χ0v) is 13.0. The number of aromatic nitrogens is 2. The Morgan fingerprint density at radius 3 is 2.57 bits per heavy atom. The van der Waals surface area contributed by atoms with Gasteiger partial charge < -0.3 is 4.74 Å². The van der Waals surface area contributed by atoms with Gasteiger partial charge in [0.05, 0.1) is 23.0 Å². The first kappa shape index (κ1) is 14.2. The van der Waals surface area contributed by atoms with Gasteiger partial charge in [0.15, 0.2) is 0 Å². The van der Waals surface area contributed by atoms with E-state index >= 15 is 0 Å². The molecule has 0 fully saturated rings. The van der Waals surface area contributed by atoms with Crippen LogP contribution in [0.25, 0.3) is 16.7 Å². The van der Waals surface area contributed by atoms with Crippen LogP contribution in [0, 0.1) is 0 Å². The lowest BCUT2D eigenvalue weighted by Crippen LogP contribution is -1.99. The first-order valence-corrected chi connectivity index (χ1v) is 7.61. The highest BCUT2D eigenvalue weighted by Crippen LogP contribution is 2.28. The van der Waals surface area contributed by atoms with E-state index < -0.39 is 0 Å². The lowest BCUT2D eigenvalue weighted by atomic mass is 10.2. The van der Waals surface area contributed by atoms with Crippen molar-refractivity contribution in [3.05, 3.63) is 53.3 Å². The Labute approximate surface area is 133 Å². The molecule has 3 aromatic rings. The number of hydrogen-bond donors (Lipinski definition) is 0. The lowest BCUT2D eigenvalue weighted by Gasteiger charge is -2.09. The fraction of sp³-hybridized carbons (Fsp3) is 0.188. The number of para-hydroxylation sites is 1. The summed E-state index contributed by atoms with van der Waals surface area (Å²) in [7, 11) is 0. The number of fused-ring (bicyclic) bond motifs is 1. The number of nitrogens with zero attached hydrogens (tertiary/aromatic N) is 2. The molecule has 1 heterocycles. The minimum absolute atomic E-state index is 0.318. The maximum absolute atomic E-state index is 6.21. The first-order valence-electron chi connectivity index (χ1n) is 6.69. The van der Waals surface area contributed by atoms with Gasteiger partial charge in [-0.3, -0.25) is 4.57 Å². The smallest absolute Gasteiger partial charge is 0.129 e. The molecular weight excluding hydrogens is 307 g/mol. The average Bonchev–Trinajstić information content (AvgIpc) is 2.88. The Morgan fingerprint density at radius 1 is 1.14 bits per heavy atom. The van der Waals surface area contributed by atoms with Gasteiger partial charge in [-0.25, -0.2) is 4.98 Å². The third-order valence-electron chi connectivity index (χ3n) is 3.23. The highest BCUT2D eigenvalue weighted by molar-refractivity contribution is 6.35. The summed E-state index contributed by atoms with van der Waals surface area (Å²) in [5, 5.41) is 0.628. The van der Waals surface area contributed by atoms with Crippen LogP contribution in [0.3, 0.4) is 0 Å². The Bertz CT molecular complexity index is 766. The van der Waals surface area contributed by atoms with E-state index in [1.807, 2.05) is 54.0 Å². The van der Waals surface area contributed by atoms with Gasteiger partial charge in [0.2, 0.25) is 0 Å². The Morgan fingerprint density at radius 2 is 1.90 bits per heavy atom. The van der Waals surface area contributed by atoms with E-state index in [1.165, 1.54) is 0 Å². The Kier molecular flexibility index (Phi) is 4.04. The normalized spacial score (nSPS) is 11.0. The van der Waals surface area contributed by atoms with Gasteiger partial charge in [0.25, 0.3) is 0 Å². The summed E-state index contributed by atoms with van der Waals surface area (Å²) in [6, 6.07) is 13.6. The van der Waals surface area contributed by atoms with Gasteiger partial charge >= 0.3 is 0 Å². The molecule has 2 aromatic carbocycles. The monoisotopic (exact) mass is 320 g/mol. The third-order valence-corrected chi connectivity index (χ3v) is 3.77. The van der Waals surface area contributed by atoms with Gasteiger partial charge in [0.1, 0.15) is 17.1 Å². The quantitative estimate of drug-likeness (QED) is 0.644. The molecule has 0 bridgehead atoms. The second-order valence-electron chi connectivity index (χ2n) is 4.53. The number of alkyl halides is 1. The van der Waals surface area contributed by atoms with E-state index in [4.69, 9.17) is 27.9 Å². The van der Waals surface area contributed by atoms with Crippen LogP contribution in [0.5, 0.6) is 5.75 Å². The second-order valence-corrected chi connectivity index (χ2v) is 5.21. The van der Waals surface area contributed by atoms with E-state index in [9.17, 15) is 0 Å². The average molecular weight is 321 g/mol. The van der Waals surface area contributed by atoms with Crippen LogP contribution in [0.15, 0.2) is 42.5 Å². The van der Waals surface area contributed by atoms with E-state index in [-0.39, 0.29) is 0 Å². The van der Waals surface area contributed by atoms with Gasteiger partial charge in [-0.05, 0) is 43.3 Å². The molecule has 0 N–H and O–H groups in total. The van der Waals surface area contributed by atoms with Crippen molar-refractivity contribution >= 4 is 34.2 Å². The fourth-order valence-corrected chi connectivity index (χ4v) is 2.74. The predicted molar refractivity (Wildman–Crippen MR) is 86.8 cm³/mol. The number of imidazole rings is 1. The predicted octanol–water partition coefficient (Wildman–Crippen LogP) is 4.82. The molecule has 1 aromatic heterocycles. The molecule has 0 atom stereocenters. The van der Waals surface area contributed by atoms with Gasteiger partial charge in [0, 0.05) is 5.69 Å². The summed E-state index contributed by atoms with van der Waals surface area (Å²) in [6.45, 7) is 2.61. The number of benzene rings is 2. The maximum Gasteiger partial charge on any atom is 0.129 e. The minimum atomic E-state index is 0.318. The van der Waals surface area contributed by atoms with Crippen molar-refractivity contribution in [2.75, 3.05) is 6.61 Å². The van der Waals surface area contributed by atoms with Crippen LogP contribution in [0.2, 0.25) is 5.02 Å². The summed E-state index contributed by atoms with van der Waals surface area (Å²) < 4.78 is 7.49. The topological polar surface area (TPSA) is 27.1 Å². The number of halogens is 2. The van der Waals surface area contributed by atoms with Crippen molar-refractivity contribution in [3.8, 4) is 11.4 Å². The lowest BCUT2D eigenvalue weighted by molar-refractivity contribution is 0.340. The van der Waals surface area contributed by atoms with Crippen LogP contribution in [-0.4, -0.2) is 16.2 Å². The largest absolute Gasteiger partial charge is 0.494 e. The Hall–Kier alpha value is -1.71. The number of rotatable bonds is 4. The summed E-state index contributed by atoms with van der Waals surface area (Å²) in [5.74, 6) is 1.93. The van der Waals surface area contributed by atoms with Crippen molar-refractivity contribution in [1.29, 1.82) is 0 Å². The molecular formula is C16H14Cl2N2O. The Balaban J connectivity index is 2.16. The molecule has 108 valence electrons. The third kappa shape index (κ3) is 2.59. The maximum atomic E-state index is 6.21. The first-order chi connectivity index (χ1) is 10.2. The van der Waals surface area contributed by atoms with Crippen LogP contribution < -0.4 is 4.74 Å². The molecule has 0 amide bonds. The zero-order valence-electron chi connectivity index (χ0n) is 11.5. The molecule has 0 unspecified atom stereocenters. The van der Waals surface area contributed by atoms with Crippen molar-refractivity contribution < 1.29 is 4.74 Å². The summed E-state index contributed by atoms with van der Waals surface area (Å²) in [6.07, 6.45) is 0. The molecule has 3 nitrogen and oxygen atoms in total. The van der Waals surface area contributed by atoms with Crippen LogP contribution >= 0.6 is 23.2 Å². The van der Waals surface area contributed by atoms with Crippen molar-refractivity contribution in [2.24, 2.45) is 0 Å². The molecule has 0 spiro atoms. The SMILES string of the molecule is CCOc1ccc(-n2c(CCl)nc3c(Cl)cccc32)cc1. The molecule has 0 aliphatic carbocycles. The van der Waals surface area contributed by atoms with Gasteiger partial charge in [-0.2, -0.15) is 0 Å². The molecule has 0 saturated heterocycles. The van der Waals surface area contributed by atoms with E-state index in [2.05, 4.69) is 4.98 Å². The van der Waals surface area contributed by atoms with Gasteiger partial charge in [-0.1, -0.05) is 17.7 Å².